The lowest BCUT2D eigenvalue weighted by Crippen LogP contribution is -2.51. The van der Waals surface area contributed by atoms with Crippen molar-refractivity contribution < 1.29 is 14.3 Å². The van der Waals surface area contributed by atoms with Crippen LogP contribution in [0.4, 0.5) is 4.79 Å². The zero-order valence-electron chi connectivity index (χ0n) is 19.7. The Kier molecular flexibility index (Phi) is 6.68. The zero-order valence-corrected chi connectivity index (χ0v) is 21.3. The second kappa shape index (κ2) is 9.17. The van der Waals surface area contributed by atoms with Crippen LogP contribution in [0, 0.1) is 5.92 Å². The number of fused-ring (bicyclic) bond motifs is 1. The highest BCUT2D eigenvalue weighted by atomic mass is 79.9. The van der Waals surface area contributed by atoms with Gasteiger partial charge in [0.25, 0.3) is 0 Å². The third-order valence-corrected chi connectivity index (χ3v) is 6.87. The van der Waals surface area contributed by atoms with Gasteiger partial charge in [0, 0.05) is 37.0 Å². The standard InChI is InChI=1S/C23H34BrN5O3/c1-15-10-17(11-16(2)28(15)22(30)32-23(3,4)5)13-27-14-18(12-25-27)29-20-7-9-31-8-6-19(20)21(24)26-29/h12,14-17H,6-11,13H2,1-5H3/t15-,16+,17?. The fourth-order valence-electron chi connectivity index (χ4n) is 4.99. The molecule has 0 bridgehead atoms. The van der Waals surface area contributed by atoms with E-state index in [9.17, 15) is 4.79 Å². The quantitative estimate of drug-likeness (QED) is 0.616. The van der Waals surface area contributed by atoms with Crippen LogP contribution in [-0.2, 0) is 28.9 Å². The van der Waals surface area contributed by atoms with Crippen LogP contribution < -0.4 is 0 Å². The number of piperidine rings is 1. The highest BCUT2D eigenvalue weighted by molar-refractivity contribution is 9.10. The minimum absolute atomic E-state index is 0.131. The topological polar surface area (TPSA) is 74.4 Å². The molecule has 176 valence electrons. The highest BCUT2D eigenvalue weighted by Gasteiger charge is 2.36. The van der Waals surface area contributed by atoms with Crippen LogP contribution in [0.1, 0.15) is 58.7 Å². The summed E-state index contributed by atoms with van der Waals surface area (Å²) in [5.74, 6) is 0.446. The van der Waals surface area contributed by atoms with Crippen molar-refractivity contribution in [1.29, 1.82) is 0 Å². The monoisotopic (exact) mass is 507 g/mol. The van der Waals surface area contributed by atoms with E-state index in [2.05, 4.69) is 41.1 Å². The molecule has 0 saturated carbocycles. The smallest absolute Gasteiger partial charge is 0.410 e. The van der Waals surface area contributed by atoms with Crippen LogP contribution in [0.3, 0.4) is 0 Å². The van der Waals surface area contributed by atoms with Gasteiger partial charge in [-0.2, -0.15) is 10.2 Å². The Morgan fingerprint density at radius 1 is 1.22 bits per heavy atom. The van der Waals surface area contributed by atoms with Crippen LogP contribution in [0.5, 0.6) is 0 Å². The number of likely N-dealkylation sites (tertiary alicyclic amines) is 1. The number of ether oxygens (including phenoxy) is 2. The molecule has 4 rings (SSSR count). The molecule has 0 spiro atoms. The third-order valence-electron chi connectivity index (χ3n) is 6.23. The molecular weight excluding hydrogens is 474 g/mol. The largest absolute Gasteiger partial charge is 0.444 e. The van der Waals surface area contributed by atoms with Gasteiger partial charge < -0.3 is 14.4 Å². The Morgan fingerprint density at radius 3 is 2.59 bits per heavy atom. The molecule has 2 aliphatic heterocycles. The second-order valence-electron chi connectivity index (χ2n) is 10.1. The Hall–Kier alpha value is -1.87. The first-order valence-corrected chi connectivity index (χ1v) is 12.3. The van der Waals surface area contributed by atoms with Crippen molar-refractivity contribution in [2.24, 2.45) is 5.92 Å². The van der Waals surface area contributed by atoms with Gasteiger partial charge in [-0.05, 0) is 69.3 Å². The number of amides is 1. The second-order valence-corrected chi connectivity index (χ2v) is 10.8. The van der Waals surface area contributed by atoms with E-state index in [4.69, 9.17) is 14.6 Å². The first-order valence-electron chi connectivity index (χ1n) is 11.5. The van der Waals surface area contributed by atoms with E-state index in [1.165, 1.54) is 11.3 Å². The number of halogens is 1. The summed E-state index contributed by atoms with van der Waals surface area (Å²) in [4.78, 5) is 14.6. The van der Waals surface area contributed by atoms with Gasteiger partial charge in [-0.25, -0.2) is 9.48 Å². The van der Waals surface area contributed by atoms with Gasteiger partial charge in [-0.1, -0.05) is 0 Å². The van der Waals surface area contributed by atoms with E-state index in [-0.39, 0.29) is 18.2 Å². The molecule has 0 radical (unpaired) electrons. The molecule has 9 heteroatoms. The number of rotatable bonds is 3. The van der Waals surface area contributed by atoms with Crippen LogP contribution in [-0.4, -0.2) is 61.5 Å². The molecule has 1 amide bonds. The molecule has 8 nitrogen and oxygen atoms in total. The Balaban J connectivity index is 1.43. The van der Waals surface area contributed by atoms with Crippen LogP contribution in [0.25, 0.3) is 5.69 Å². The summed E-state index contributed by atoms with van der Waals surface area (Å²) in [5.41, 5.74) is 2.92. The van der Waals surface area contributed by atoms with Crippen molar-refractivity contribution in [2.45, 2.75) is 84.5 Å². The lowest BCUT2D eigenvalue weighted by molar-refractivity contribution is -0.00864. The summed E-state index contributed by atoms with van der Waals surface area (Å²) in [5, 5.41) is 9.34. The summed E-state index contributed by atoms with van der Waals surface area (Å²) in [6, 6.07) is 0.262. The van der Waals surface area contributed by atoms with Gasteiger partial charge in [0.15, 0.2) is 0 Å². The van der Waals surface area contributed by atoms with Crippen molar-refractivity contribution in [3.05, 3.63) is 28.3 Å². The lowest BCUT2D eigenvalue weighted by atomic mass is 9.87. The number of carbonyl (C=O) groups is 1. The average Bonchev–Trinajstić information content (AvgIpc) is 3.15. The molecule has 3 atom stereocenters. The van der Waals surface area contributed by atoms with Gasteiger partial charge in [0.2, 0.25) is 0 Å². The average molecular weight is 508 g/mol. The molecular formula is C23H34BrN5O3. The summed E-state index contributed by atoms with van der Waals surface area (Å²) in [7, 11) is 0. The number of carbonyl (C=O) groups excluding carboxylic acids is 1. The fourth-order valence-corrected chi connectivity index (χ4v) is 5.58. The molecule has 2 aliphatic rings. The molecule has 0 N–H and O–H groups in total. The molecule has 2 aromatic heterocycles. The molecule has 2 aromatic rings. The van der Waals surface area contributed by atoms with Crippen molar-refractivity contribution in [2.75, 3.05) is 13.2 Å². The van der Waals surface area contributed by atoms with E-state index in [0.29, 0.717) is 12.5 Å². The van der Waals surface area contributed by atoms with Crippen molar-refractivity contribution in [1.82, 2.24) is 24.5 Å². The minimum Gasteiger partial charge on any atom is -0.444 e. The van der Waals surface area contributed by atoms with E-state index in [1.807, 2.05) is 41.2 Å². The maximum atomic E-state index is 12.7. The zero-order chi connectivity index (χ0) is 23.0. The van der Waals surface area contributed by atoms with Crippen molar-refractivity contribution >= 4 is 22.0 Å². The van der Waals surface area contributed by atoms with Crippen LogP contribution in [0.15, 0.2) is 17.0 Å². The minimum atomic E-state index is -0.481. The van der Waals surface area contributed by atoms with E-state index in [1.54, 1.807) is 0 Å². The highest BCUT2D eigenvalue weighted by Crippen LogP contribution is 2.31. The van der Waals surface area contributed by atoms with Crippen LogP contribution >= 0.6 is 15.9 Å². The van der Waals surface area contributed by atoms with Gasteiger partial charge >= 0.3 is 6.09 Å². The predicted octanol–water partition coefficient (Wildman–Crippen LogP) is 4.37. The maximum absolute atomic E-state index is 12.7. The Bertz CT molecular complexity index is 951. The van der Waals surface area contributed by atoms with E-state index < -0.39 is 5.60 Å². The number of hydrogen-bond donors (Lipinski definition) is 0. The molecule has 4 heterocycles. The fraction of sp³-hybridized carbons (Fsp3) is 0.696. The number of aromatic nitrogens is 4. The first kappa shape index (κ1) is 23.3. The lowest BCUT2D eigenvalue weighted by Gasteiger charge is -2.42. The van der Waals surface area contributed by atoms with E-state index >= 15 is 0 Å². The van der Waals surface area contributed by atoms with Crippen molar-refractivity contribution in [3.63, 3.8) is 0 Å². The molecule has 0 aliphatic carbocycles. The van der Waals surface area contributed by atoms with E-state index in [0.717, 1.165) is 49.1 Å². The molecule has 0 aromatic carbocycles. The van der Waals surface area contributed by atoms with Gasteiger partial charge in [-0.3, -0.25) is 4.68 Å². The summed E-state index contributed by atoms with van der Waals surface area (Å²) < 4.78 is 16.2. The Morgan fingerprint density at radius 2 is 1.91 bits per heavy atom. The molecule has 1 unspecified atom stereocenters. The van der Waals surface area contributed by atoms with Gasteiger partial charge in [-0.15, -0.1) is 0 Å². The normalized spacial score (nSPS) is 24.2. The number of hydrogen-bond acceptors (Lipinski definition) is 5. The molecule has 32 heavy (non-hydrogen) atoms. The first-order chi connectivity index (χ1) is 15.1. The predicted molar refractivity (Wildman–Crippen MR) is 125 cm³/mol. The number of nitrogens with zero attached hydrogens (tertiary/aromatic N) is 5. The van der Waals surface area contributed by atoms with Gasteiger partial charge in [0.05, 0.1) is 31.3 Å². The third kappa shape index (κ3) is 5.03. The van der Waals surface area contributed by atoms with Crippen molar-refractivity contribution in [3.8, 4) is 5.69 Å². The maximum Gasteiger partial charge on any atom is 0.410 e. The summed E-state index contributed by atoms with van der Waals surface area (Å²) in [6.07, 6.45) is 7.31. The molecule has 1 fully saturated rings. The van der Waals surface area contributed by atoms with Gasteiger partial charge in [0.1, 0.15) is 15.9 Å². The summed E-state index contributed by atoms with van der Waals surface area (Å²) in [6.45, 7) is 12.2. The summed E-state index contributed by atoms with van der Waals surface area (Å²) >= 11 is 3.61. The Labute approximate surface area is 198 Å². The molecule has 1 saturated heterocycles. The SMILES string of the molecule is C[C@@H]1CC(Cn2cc(-n3nc(Br)c4c3CCOCC4)cn2)C[C@H](C)N1C(=O)OC(C)(C)C. The van der Waals surface area contributed by atoms with Crippen LogP contribution in [0.2, 0.25) is 0 Å².